The lowest BCUT2D eigenvalue weighted by atomic mass is 10.0. The zero-order chi connectivity index (χ0) is 22.4. The first-order valence-electron chi connectivity index (χ1n) is 10.6. The Morgan fingerprint density at radius 2 is 1.19 bits per heavy atom. The van der Waals surface area contributed by atoms with E-state index >= 15 is 4.57 Å². The van der Waals surface area contributed by atoms with Gasteiger partial charge in [-0.2, -0.15) is 0 Å². The molecule has 0 spiro atoms. The van der Waals surface area contributed by atoms with Crippen molar-refractivity contribution < 1.29 is 14.1 Å². The summed E-state index contributed by atoms with van der Waals surface area (Å²) >= 11 is 0. The second-order valence-electron chi connectivity index (χ2n) is 7.61. The van der Waals surface area contributed by atoms with Gasteiger partial charge >= 0.3 is 0 Å². The molecule has 0 aliphatic rings. The largest absolute Gasteiger partial charge is 0.497 e. The molecule has 32 heavy (non-hydrogen) atoms. The van der Waals surface area contributed by atoms with E-state index in [0.717, 1.165) is 16.2 Å². The Morgan fingerprint density at radius 3 is 1.66 bits per heavy atom. The molecule has 0 radical (unpaired) electrons. The van der Waals surface area contributed by atoms with Crippen LogP contribution < -0.4 is 15.3 Å². The maximum Gasteiger partial charge on any atom is 0.163 e. The molecule has 0 aliphatic carbocycles. The normalized spacial score (nSPS) is 12.2. The SMILES string of the molecule is COc1ccc(C(=O)C[C@H](c2ccccc2)P(=O)(c2ccccc2)c2ccccc2)cc1. The predicted molar refractivity (Wildman–Crippen MR) is 131 cm³/mol. The monoisotopic (exact) mass is 440 g/mol. The van der Waals surface area contributed by atoms with Gasteiger partial charge in [0.2, 0.25) is 0 Å². The number of ketones is 1. The standard InChI is InChI=1S/C28H25O3P/c1-31-24-19-17-22(18-20-24)27(29)21-28(23-11-5-2-6-12-23)32(30,25-13-7-3-8-14-25)26-15-9-4-10-16-26/h2-20,28H,21H2,1H3/t28-/m1/s1. The molecule has 0 unspecified atom stereocenters. The zero-order valence-corrected chi connectivity index (χ0v) is 18.8. The molecule has 4 aromatic carbocycles. The molecule has 0 saturated heterocycles. The lowest BCUT2D eigenvalue weighted by molar-refractivity contribution is 0.0981. The van der Waals surface area contributed by atoms with E-state index in [-0.39, 0.29) is 12.2 Å². The van der Waals surface area contributed by atoms with E-state index in [1.54, 1.807) is 31.4 Å². The molecule has 4 rings (SSSR count). The van der Waals surface area contributed by atoms with Gasteiger partial charge in [-0.1, -0.05) is 91.0 Å². The Kier molecular flexibility index (Phi) is 6.68. The van der Waals surface area contributed by atoms with Gasteiger partial charge in [-0.3, -0.25) is 4.79 Å². The second-order valence-corrected chi connectivity index (χ2v) is 10.6. The number of benzene rings is 4. The lowest BCUT2D eigenvalue weighted by Crippen LogP contribution is -2.23. The first kappa shape index (κ1) is 21.8. The topological polar surface area (TPSA) is 43.4 Å². The summed E-state index contributed by atoms with van der Waals surface area (Å²) in [5, 5.41) is 1.50. The van der Waals surface area contributed by atoms with Crippen LogP contribution in [-0.2, 0) is 4.57 Å². The molecule has 160 valence electrons. The Morgan fingerprint density at radius 1 is 0.719 bits per heavy atom. The molecule has 3 nitrogen and oxygen atoms in total. The number of methoxy groups -OCH3 is 1. The maximum atomic E-state index is 15.0. The fraction of sp³-hybridized carbons (Fsp3) is 0.107. The quantitative estimate of drug-likeness (QED) is 0.248. The molecular weight excluding hydrogens is 415 g/mol. The van der Waals surface area contributed by atoms with Gasteiger partial charge in [0.05, 0.1) is 12.8 Å². The average molecular weight is 440 g/mol. The number of hydrogen-bond donors (Lipinski definition) is 0. The van der Waals surface area contributed by atoms with Crippen molar-refractivity contribution >= 4 is 23.5 Å². The molecule has 0 bridgehead atoms. The van der Waals surface area contributed by atoms with Gasteiger partial charge in [0.25, 0.3) is 0 Å². The zero-order valence-electron chi connectivity index (χ0n) is 17.9. The summed E-state index contributed by atoms with van der Waals surface area (Å²) in [5.74, 6) is 0.647. The highest BCUT2D eigenvalue weighted by molar-refractivity contribution is 7.79. The van der Waals surface area contributed by atoms with Crippen molar-refractivity contribution in [2.75, 3.05) is 7.11 Å². The predicted octanol–water partition coefficient (Wildman–Crippen LogP) is 6.02. The number of Topliss-reactive ketones (excluding diaryl/α,β-unsaturated/α-hetero) is 1. The summed E-state index contributed by atoms with van der Waals surface area (Å²) < 4.78 is 20.2. The molecular formula is C28H25O3P. The van der Waals surface area contributed by atoms with Crippen LogP contribution in [0.25, 0.3) is 0 Å². The Bertz CT molecular complexity index is 1160. The molecule has 0 aromatic heterocycles. The van der Waals surface area contributed by atoms with Gasteiger partial charge in [0.1, 0.15) is 5.75 Å². The van der Waals surface area contributed by atoms with Crippen LogP contribution in [0, 0.1) is 0 Å². The van der Waals surface area contributed by atoms with Crippen molar-refractivity contribution in [3.63, 3.8) is 0 Å². The highest BCUT2D eigenvalue weighted by Gasteiger charge is 2.39. The smallest absolute Gasteiger partial charge is 0.163 e. The Labute approximate surface area is 189 Å². The van der Waals surface area contributed by atoms with Gasteiger partial charge in [-0.05, 0) is 29.8 Å². The van der Waals surface area contributed by atoms with Crippen LogP contribution in [0.4, 0.5) is 0 Å². The van der Waals surface area contributed by atoms with E-state index in [0.29, 0.717) is 11.3 Å². The van der Waals surface area contributed by atoms with E-state index in [9.17, 15) is 4.79 Å². The highest BCUT2D eigenvalue weighted by atomic mass is 31.2. The van der Waals surface area contributed by atoms with Gasteiger partial charge in [0.15, 0.2) is 12.9 Å². The summed E-state index contributed by atoms with van der Waals surface area (Å²) in [5.41, 5.74) is 0.993. The van der Waals surface area contributed by atoms with E-state index in [1.807, 2.05) is 91.0 Å². The molecule has 0 heterocycles. The molecule has 0 saturated carbocycles. The maximum absolute atomic E-state index is 15.0. The van der Waals surface area contributed by atoms with Crippen molar-refractivity contribution in [3.8, 4) is 5.75 Å². The summed E-state index contributed by atoms with van der Waals surface area (Å²) in [6.07, 6.45) is 0.136. The number of hydrogen-bond acceptors (Lipinski definition) is 3. The first-order chi connectivity index (χ1) is 15.6. The van der Waals surface area contributed by atoms with Crippen LogP contribution in [-0.4, -0.2) is 12.9 Å². The fourth-order valence-electron chi connectivity index (χ4n) is 4.01. The number of carbonyl (C=O) groups is 1. The lowest BCUT2D eigenvalue weighted by Gasteiger charge is -2.29. The molecule has 0 amide bonds. The first-order valence-corrected chi connectivity index (χ1v) is 12.3. The van der Waals surface area contributed by atoms with E-state index in [2.05, 4.69) is 0 Å². The van der Waals surface area contributed by atoms with Crippen LogP contribution >= 0.6 is 7.14 Å². The molecule has 0 N–H and O–H groups in total. The number of ether oxygens (including phenoxy) is 1. The summed E-state index contributed by atoms with van der Waals surface area (Å²) in [6.45, 7) is 0. The Hall–Kier alpha value is -3.42. The summed E-state index contributed by atoms with van der Waals surface area (Å²) in [6, 6.07) is 35.9. The van der Waals surface area contributed by atoms with Gasteiger partial charge in [-0.25, -0.2) is 0 Å². The van der Waals surface area contributed by atoms with Gasteiger partial charge < -0.3 is 9.30 Å². The molecule has 1 atom stereocenters. The van der Waals surface area contributed by atoms with Crippen molar-refractivity contribution in [1.29, 1.82) is 0 Å². The van der Waals surface area contributed by atoms with Crippen LogP contribution in [0.15, 0.2) is 115 Å². The average Bonchev–Trinajstić information content (AvgIpc) is 2.88. The third-order valence-electron chi connectivity index (χ3n) is 5.69. The Balaban J connectivity index is 1.84. The van der Waals surface area contributed by atoms with Crippen LogP contribution in [0.1, 0.15) is 28.0 Å². The third kappa shape index (κ3) is 4.44. The minimum Gasteiger partial charge on any atom is -0.497 e. The van der Waals surface area contributed by atoms with Crippen LogP contribution in [0.3, 0.4) is 0 Å². The summed E-state index contributed by atoms with van der Waals surface area (Å²) in [7, 11) is -1.60. The molecule has 4 aromatic rings. The van der Waals surface area contributed by atoms with Crippen molar-refractivity contribution in [3.05, 3.63) is 126 Å². The van der Waals surface area contributed by atoms with Crippen LogP contribution in [0.2, 0.25) is 0 Å². The minimum absolute atomic E-state index is 0.0476. The van der Waals surface area contributed by atoms with Crippen molar-refractivity contribution in [2.24, 2.45) is 0 Å². The van der Waals surface area contributed by atoms with E-state index in [1.165, 1.54) is 0 Å². The van der Waals surface area contributed by atoms with E-state index < -0.39 is 12.8 Å². The number of carbonyl (C=O) groups excluding carboxylic acids is 1. The highest BCUT2D eigenvalue weighted by Crippen LogP contribution is 2.59. The summed E-state index contributed by atoms with van der Waals surface area (Å²) in [4.78, 5) is 13.4. The minimum atomic E-state index is -3.19. The van der Waals surface area contributed by atoms with Gasteiger partial charge in [-0.15, -0.1) is 0 Å². The number of rotatable bonds is 8. The fourth-order valence-corrected chi connectivity index (χ4v) is 7.27. The second kappa shape index (κ2) is 9.80. The van der Waals surface area contributed by atoms with Crippen molar-refractivity contribution in [1.82, 2.24) is 0 Å². The molecule has 4 heteroatoms. The molecule has 0 aliphatic heterocycles. The third-order valence-corrected chi connectivity index (χ3v) is 9.18. The van der Waals surface area contributed by atoms with E-state index in [4.69, 9.17) is 4.74 Å². The molecule has 0 fully saturated rings. The van der Waals surface area contributed by atoms with Gasteiger partial charge in [0, 0.05) is 22.6 Å². The van der Waals surface area contributed by atoms with Crippen molar-refractivity contribution in [2.45, 2.75) is 12.1 Å². The van der Waals surface area contributed by atoms with Crippen LogP contribution in [0.5, 0.6) is 5.75 Å².